The molecule has 0 aliphatic carbocycles. The maximum Gasteiger partial charge on any atom is 0.276 e. The van der Waals surface area contributed by atoms with E-state index in [4.69, 9.17) is 10.5 Å². The molecule has 0 spiro atoms. The van der Waals surface area contributed by atoms with Crippen molar-refractivity contribution in [1.29, 1.82) is 0 Å². The molecule has 1 amide bonds. The van der Waals surface area contributed by atoms with Gasteiger partial charge < -0.3 is 15.5 Å². The van der Waals surface area contributed by atoms with E-state index in [2.05, 4.69) is 20.8 Å². The molecule has 1 aromatic heterocycles. The average Bonchev–Trinajstić information content (AvgIpc) is 2.48. The lowest BCUT2D eigenvalue weighted by molar-refractivity contribution is 0.0959. The molecule has 20 heavy (non-hydrogen) atoms. The van der Waals surface area contributed by atoms with E-state index in [1.54, 1.807) is 24.3 Å². The number of nitrogens with two attached hydrogens (primary N) is 1. The molecular formula is C12H13N5O3. The second kappa shape index (κ2) is 5.74. The van der Waals surface area contributed by atoms with Gasteiger partial charge in [0.2, 0.25) is 0 Å². The molecule has 5 N–H and O–H groups in total. The predicted molar refractivity (Wildman–Crippen MR) is 73.4 cm³/mol. The lowest BCUT2D eigenvalue weighted by Gasteiger charge is -2.11. The van der Waals surface area contributed by atoms with Crippen molar-refractivity contribution >= 4 is 17.4 Å². The lowest BCUT2D eigenvalue weighted by atomic mass is 10.2. The smallest absolute Gasteiger partial charge is 0.276 e. The predicted octanol–water partition coefficient (Wildman–Crippen LogP) is 0.118. The van der Waals surface area contributed by atoms with E-state index in [0.29, 0.717) is 11.3 Å². The molecule has 0 unspecified atom stereocenters. The zero-order valence-electron chi connectivity index (χ0n) is 10.6. The van der Waals surface area contributed by atoms with Crippen LogP contribution in [0.25, 0.3) is 0 Å². The van der Waals surface area contributed by atoms with Gasteiger partial charge >= 0.3 is 0 Å². The van der Waals surface area contributed by atoms with E-state index < -0.39 is 11.5 Å². The van der Waals surface area contributed by atoms with Crippen LogP contribution in [0.5, 0.6) is 5.75 Å². The first-order chi connectivity index (χ1) is 9.63. The second-order valence-electron chi connectivity index (χ2n) is 3.77. The van der Waals surface area contributed by atoms with Crippen LogP contribution in [0.3, 0.4) is 0 Å². The number of rotatable bonds is 4. The van der Waals surface area contributed by atoms with E-state index in [9.17, 15) is 9.59 Å². The molecule has 1 aromatic carbocycles. The van der Waals surface area contributed by atoms with Gasteiger partial charge in [-0.25, -0.2) is 4.98 Å². The monoisotopic (exact) mass is 275 g/mol. The molecule has 8 heteroatoms. The number of methoxy groups -OCH3 is 1. The Morgan fingerprint density at radius 1 is 1.40 bits per heavy atom. The van der Waals surface area contributed by atoms with Gasteiger partial charge in [-0.3, -0.25) is 20.4 Å². The van der Waals surface area contributed by atoms with Gasteiger partial charge in [-0.2, -0.15) is 0 Å². The fourth-order valence-electron chi connectivity index (χ4n) is 1.53. The minimum atomic E-state index is -0.492. The number of aromatic amines is 1. The first-order valence-corrected chi connectivity index (χ1v) is 5.66. The summed E-state index contributed by atoms with van der Waals surface area (Å²) in [5.74, 6) is 0.0552. The van der Waals surface area contributed by atoms with Crippen LogP contribution in [-0.4, -0.2) is 23.0 Å². The third kappa shape index (κ3) is 2.69. The Bertz CT molecular complexity index is 683. The Morgan fingerprint density at radius 3 is 2.90 bits per heavy atom. The van der Waals surface area contributed by atoms with Gasteiger partial charge in [-0.1, -0.05) is 12.1 Å². The van der Waals surface area contributed by atoms with Crippen molar-refractivity contribution < 1.29 is 9.53 Å². The molecular weight excluding hydrogens is 262 g/mol. The third-order valence-electron chi connectivity index (χ3n) is 2.54. The molecule has 0 aliphatic rings. The van der Waals surface area contributed by atoms with E-state index >= 15 is 0 Å². The normalized spacial score (nSPS) is 9.85. The number of carbonyl (C=O) groups is 1. The summed E-state index contributed by atoms with van der Waals surface area (Å²) in [6.45, 7) is 0. The van der Waals surface area contributed by atoms with Crippen LogP contribution in [0, 0.1) is 0 Å². The first kappa shape index (κ1) is 13.4. The number of H-pyrrole nitrogens is 1. The summed E-state index contributed by atoms with van der Waals surface area (Å²) in [5.41, 5.74) is 10.1. The van der Waals surface area contributed by atoms with Gasteiger partial charge in [0.1, 0.15) is 11.4 Å². The van der Waals surface area contributed by atoms with Crippen molar-refractivity contribution in [3.8, 4) is 5.75 Å². The Labute approximate surface area is 114 Å². The van der Waals surface area contributed by atoms with Crippen LogP contribution in [-0.2, 0) is 0 Å². The number of ether oxygens (including phenoxy) is 1. The minimum Gasteiger partial charge on any atom is -0.496 e. The van der Waals surface area contributed by atoms with Crippen LogP contribution in [0.15, 0.2) is 35.4 Å². The van der Waals surface area contributed by atoms with Gasteiger partial charge in [-0.15, -0.1) is 0 Å². The molecule has 104 valence electrons. The van der Waals surface area contributed by atoms with Crippen LogP contribution in [0.4, 0.5) is 11.5 Å². The molecule has 0 saturated heterocycles. The third-order valence-corrected chi connectivity index (χ3v) is 2.54. The summed E-state index contributed by atoms with van der Waals surface area (Å²) in [6.07, 6.45) is 1.18. The molecule has 2 aromatic rings. The van der Waals surface area contributed by atoms with Gasteiger partial charge in [-0.05, 0) is 12.1 Å². The standard InChI is InChI=1S/C12H13N5O3/c1-20-8-5-3-2-4-7(8)11(18)17-16-10-9(13)12(19)15-6-14-10/h2-6H,13H2,1H3,(H,17,18)(H2,14,15,16,19). The zero-order valence-corrected chi connectivity index (χ0v) is 10.6. The molecule has 0 fully saturated rings. The fourth-order valence-corrected chi connectivity index (χ4v) is 1.53. The highest BCUT2D eigenvalue weighted by atomic mass is 16.5. The van der Waals surface area contributed by atoms with E-state index in [1.807, 2.05) is 0 Å². The molecule has 0 atom stereocenters. The molecule has 8 nitrogen and oxygen atoms in total. The maximum absolute atomic E-state index is 12.0. The number of carbonyl (C=O) groups excluding carboxylic acids is 1. The molecule has 0 radical (unpaired) electrons. The summed E-state index contributed by atoms with van der Waals surface area (Å²) in [4.78, 5) is 29.4. The topological polar surface area (TPSA) is 122 Å². The number of anilines is 2. The van der Waals surface area contributed by atoms with Crippen molar-refractivity contribution in [1.82, 2.24) is 15.4 Å². The number of para-hydroxylation sites is 1. The minimum absolute atomic E-state index is 0.0667. The highest BCUT2D eigenvalue weighted by Crippen LogP contribution is 2.17. The van der Waals surface area contributed by atoms with E-state index in [1.165, 1.54) is 13.4 Å². The number of nitrogens with one attached hydrogen (secondary N) is 3. The van der Waals surface area contributed by atoms with E-state index in [0.717, 1.165) is 0 Å². The number of amides is 1. The Hall–Kier alpha value is -3.03. The summed E-state index contributed by atoms with van der Waals surface area (Å²) < 4.78 is 5.08. The average molecular weight is 275 g/mol. The van der Waals surface area contributed by atoms with Gasteiger partial charge in [0.05, 0.1) is 19.0 Å². The lowest BCUT2D eigenvalue weighted by Crippen LogP contribution is -2.31. The molecule has 0 aliphatic heterocycles. The Balaban J connectivity index is 2.13. The number of nitrogens with zero attached hydrogens (tertiary/aromatic N) is 1. The van der Waals surface area contributed by atoms with Crippen LogP contribution < -0.4 is 26.9 Å². The van der Waals surface area contributed by atoms with E-state index in [-0.39, 0.29) is 11.5 Å². The van der Waals surface area contributed by atoms with Crippen molar-refractivity contribution in [2.75, 3.05) is 18.3 Å². The highest BCUT2D eigenvalue weighted by Gasteiger charge is 2.12. The SMILES string of the molecule is COc1ccccc1C(=O)NNc1nc[nH]c(=O)c1N. The largest absolute Gasteiger partial charge is 0.496 e. The van der Waals surface area contributed by atoms with Crippen LogP contribution in [0.2, 0.25) is 0 Å². The molecule has 0 bridgehead atoms. The highest BCUT2D eigenvalue weighted by molar-refractivity contribution is 5.97. The summed E-state index contributed by atoms with van der Waals surface area (Å²) in [5, 5.41) is 0. The van der Waals surface area contributed by atoms with Gasteiger partial charge in [0, 0.05) is 0 Å². The summed E-state index contributed by atoms with van der Waals surface area (Å²) in [6, 6.07) is 6.72. The summed E-state index contributed by atoms with van der Waals surface area (Å²) in [7, 11) is 1.47. The number of nitrogen functional groups attached to an aromatic ring is 1. The van der Waals surface area contributed by atoms with Gasteiger partial charge in [0.25, 0.3) is 11.5 Å². The Kier molecular flexibility index (Phi) is 3.85. The quantitative estimate of drug-likeness (QED) is 0.588. The zero-order chi connectivity index (χ0) is 14.5. The number of aromatic nitrogens is 2. The second-order valence-corrected chi connectivity index (χ2v) is 3.77. The van der Waals surface area contributed by atoms with Crippen LogP contribution in [0.1, 0.15) is 10.4 Å². The Morgan fingerprint density at radius 2 is 2.15 bits per heavy atom. The number of hydrogen-bond acceptors (Lipinski definition) is 6. The van der Waals surface area contributed by atoms with Crippen LogP contribution >= 0.6 is 0 Å². The van der Waals surface area contributed by atoms with Crippen molar-refractivity contribution in [2.45, 2.75) is 0 Å². The fraction of sp³-hybridized carbons (Fsp3) is 0.0833. The first-order valence-electron chi connectivity index (χ1n) is 5.66. The molecule has 2 rings (SSSR count). The molecule has 1 heterocycles. The van der Waals surface area contributed by atoms with Crippen molar-refractivity contribution in [3.63, 3.8) is 0 Å². The number of benzene rings is 1. The number of hydrogen-bond donors (Lipinski definition) is 4. The maximum atomic E-state index is 12.0. The summed E-state index contributed by atoms with van der Waals surface area (Å²) >= 11 is 0. The van der Waals surface area contributed by atoms with Crippen molar-refractivity contribution in [3.05, 3.63) is 46.5 Å². The molecule has 0 saturated carbocycles. The van der Waals surface area contributed by atoms with Crippen molar-refractivity contribution in [2.24, 2.45) is 0 Å². The van der Waals surface area contributed by atoms with Gasteiger partial charge in [0.15, 0.2) is 5.82 Å². The number of hydrazine groups is 1.